The first-order valence-corrected chi connectivity index (χ1v) is 8.17. The van der Waals surface area contributed by atoms with Crippen molar-refractivity contribution >= 4 is 33.7 Å². The maximum atomic E-state index is 13.7. The van der Waals surface area contributed by atoms with Gasteiger partial charge in [0.15, 0.2) is 5.13 Å². The average molecular weight is 333 g/mol. The molecule has 0 aliphatic rings. The summed E-state index contributed by atoms with van der Waals surface area (Å²) < 4.78 is 13.7. The van der Waals surface area contributed by atoms with Gasteiger partial charge in [0.25, 0.3) is 0 Å². The lowest BCUT2D eigenvalue weighted by Gasteiger charge is -1.99. The fourth-order valence-corrected chi connectivity index (χ4v) is 3.50. The number of aromatic nitrogens is 2. The zero-order chi connectivity index (χ0) is 15.5. The van der Waals surface area contributed by atoms with Crippen LogP contribution in [-0.4, -0.2) is 15.9 Å². The van der Waals surface area contributed by atoms with E-state index >= 15 is 0 Å². The van der Waals surface area contributed by atoms with E-state index in [0.29, 0.717) is 15.7 Å². The summed E-state index contributed by atoms with van der Waals surface area (Å²) in [6, 6.07) is 6.47. The second-order valence-corrected chi connectivity index (χ2v) is 6.96. The number of hydrogen-bond donors (Lipinski definition) is 1. The summed E-state index contributed by atoms with van der Waals surface area (Å²) in [6.45, 7) is 1.93. The molecule has 0 atom stereocenters. The van der Waals surface area contributed by atoms with Gasteiger partial charge in [-0.25, -0.2) is 14.4 Å². The second kappa shape index (κ2) is 6.33. The minimum Gasteiger partial charge on any atom is -0.302 e. The van der Waals surface area contributed by atoms with E-state index in [-0.39, 0.29) is 18.1 Å². The number of rotatable bonds is 4. The van der Waals surface area contributed by atoms with Gasteiger partial charge in [-0.15, -0.1) is 22.7 Å². The number of nitrogens with zero attached hydrogens (tertiary/aromatic N) is 2. The second-order valence-electron chi connectivity index (χ2n) is 4.61. The Balaban J connectivity index is 1.69. The van der Waals surface area contributed by atoms with Crippen LogP contribution in [0.3, 0.4) is 0 Å². The third-order valence-electron chi connectivity index (χ3n) is 2.86. The van der Waals surface area contributed by atoms with Crippen molar-refractivity contribution in [2.75, 3.05) is 5.32 Å². The number of benzene rings is 1. The van der Waals surface area contributed by atoms with Crippen molar-refractivity contribution in [3.63, 3.8) is 0 Å². The average Bonchev–Trinajstić information content (AvgIpc) is 3.09. The Morgan fingerprint density at radius 3 is 2.77 bits per heavy atom. The van der Waals surface area contributed by atoms with Gasteiger partial charge in [-0.3, -0.25) is 4.79 Å². The first kappa shape index (κ1) is 14.8. The largest absolute Gasteiger partial charge is 0.302 e. The van der Waals surface area contributed by atoms with Crippen LogP contribution in [0.5, 0.6) is 0 Å². The number of hydrogen-bond acceptors (Lipinski definition) is 5. The molecular weight excluding hydrogens is 321 g/mol. The van der Waals surface area contributed by atoms with Crippen molar-refractivity contribution in [1.29, 1.82) is 0 Å². The molecule has 2 aromatic heterocycles. The Kier molecular flexibility index (Phi) is 4.26. The van der Waals surface area contributed by atoms with Gasteiger partial charge in [0.1, 0.15) is 10.8 Å². The SMILES string of the molecule is Cc1cnc(NC(=O)Cc2cnc(-c3ccccc3F)s2)s1. The molecule has 0 aliphatic carbocycles. The number of halogens is 1. The first-order valence-electron chi connectivity index (χ1n) is 6.54. The first-order chi connectivity index (χ1) is 10.6. The zero-order valence-electron chi connectivity index (χ0n) is 11.7. The quantitative estimate of drug-likeness (QED) is 0.788. The monoisotopic (exact) mass is 333 g/mol. The number of nitrogens with one attached hydrogen (secondary N) is 1. The molecule has 0 saturated heterocycles. The summed E-state index contributed by atoms with van der Waals surface area (Å²) in [7, 11) is 0. The van der Waals surface area contributed by atoms with Gasteiger partial charge < -0.3 is 5.32 Å². The van der Waals surface area contributed by atoms with E-state index in [1.807, 2.05) is 6.92 Å². The van der Waals surface area contributed by atoms with E-state index in [1.54, 1.807) is 30.6 Å². The number of amides is 1. The van der Waals surface area contributed by atoms with Crippen LogP contribution < -0.4 is 5.32 Å². The highest BCUT2D eigenvalue weighted by Gasteiger charge is 2.12. The minimum absolute atomic E-state index is 0.155. The lowest BCUT2D eigenvalue weighted by Crippen LogP contribution is -2.13. The standard InChI is InChI=1S/C15H12FN3OS2/c1-9-7-18-15(21-9)19-13(20)6-10-8-17-14(22-10)11-4-2-3-5-12(11)16/h2-5,7-8H,6H2,1H3,(H,18,19,20). The molecule has 3 rings (SSSR count). The number of carbonyl (C=O) groups excluding carboxylic acids is 1. The van der Waals surface area contributed by atoms with Crippen molar-refractivity contribution in [2.24, 2.45) is 0 Å². The highest BCUT2D eigenvalue weighted by atomic mass is 32.1. The summed E-state index contributed by atoms with van der Waals surface area (Å²) >= 11 is 2.74. The van der Waals surface area contributed by atoms with Gasteiger partial charge in [-0.1, -0.05) is 12.1 Å². The predicted octanol–water partition coefficient (Wildman–Crippen LogP) is 3.90. The molecule has 0 spiro atoms. The number of thiazole rings is 2. The Bertz CT molecular complexity index is 812. The van der Waals surface area contributed by atoms with Crippen LogP contribution in [-0.2, 0) is 11.2 Å². The molecule has 2 heterocycles. The molecular formula is C15H12FN3OS2. The van der Waals surface area contributed by atoms with E-state index in [1.165, 1.54) is 28.7 Å². The van der Waals surface area contributed by atoms with Gasteiger partial charge in [-0.2, -0.15) is 0 Å². The van der Waals surface area contributed by atoms with Crippen LogP contribution >= 0.6 is 22.7 Å². The van der Waals surface area contributed by atoms with Crippen molar-refractivity contribution in [3.05, 3.63) is 52.2 Å². The van der Waals surface area contributed by atoms with Gasteiger partial charge in [0, 0.05) is 27.7 Å². The molecule has 22 heavy (non-hydrogen) atoms. The summed E-state index contributed by atoms with van der Waals surface area (Å²) in [6.07, 6.45) is 3.52. The van der Waals surface area contributed by atoms with Crippen molar-refractivity contribution in [1.82, 2.24) is 9.97 Å². The molecule has 1 amide bonds. The van der Waals surface area contributed by atoms with Gasteiger partial charge in [0.05, 0.1) is 6.42 Å². The molecule has 1 aromatic carbocycles. The summed E-state index contributed by atoms with van der Waals surface area (Å²) in [4.78, 5) is 22.1. The van der Waals surface area contributed by atoms with Crippen LogP contribution in [0, 0.1) is 12.7 Å². The van der Waals surface area contributed by atoms with Crippen LogP contribution in [0.1, 0.15) is 9.75 Å². The molecule has 0 fully saturated rings. The predicted molar refractivity (Wildman–Crippen MR) is 86.7 cm³/mol. The fourth-order valence-electron chi connectivity index (χ4n) is 1.88. The van der Waals surface area contributed by atoms with Crippen molar-refractivity contribution < 1.29 is 9.18 Å². The van der Waals surface area contributed by atoms with E-state index in [0.717, 1.165) is 9.75 Å². The van der Waals surface area contributed by atoms with E-state index in [2.05, 4.69) is 15.3 Å². The molecule has 4 nitrogen and oxygen atoms in total. The molecule has 0 saturated carbocycles. The highest BCUT2D eigenvalue weighted by molar-refractivity contribution is 7.16. The molecule has 1 N–H and O–H groups in total. The summed E-state index contributed by atoms with van der Waals surface area (Å²) in [5, 5.41) is 3.90. The smallest absolute Gasteiger partial charge is 0.231 e. The maximum absolute atomic E-state index is 13.7. The Morgan fingerprint density at radius 1 is 1.23 bits per heavy atom. The van der Waals surface area contributed by atoms with Crippen molar-refractivity contribution in [2.45, 2.75) is 13.3 Å². The van der Waals surface area contributed by atoms with E-state index in [9.17, 15) is 9.18 Å². The van der Waals surface area contributed by atoms with Gasteiger partial charge in [-0.05, 0) is 19.1 Å². The van der Waals surface area contributed by atoms with E-state index in [4.69, 9.17) is 0 Å². The Morgan fingerprint density at radius 2 is 2.05 bits per heavy atom. The van der Waals surface area contributed by atoms with E-state index < -0.39 is 0 Å². The van der Waals surface area contributed by atoms with Crippen LogP contribution in [0.4, 0.5) is 9.52 Å². The number of anilines is 1. The van der Waals surface area contributed by atoms with Crippen molar-refractivity contribution in [3.8, 4) is 10.6 Å². The van der Waals surface area contributed by atoms with Gasteiger partial charge in [0.2, 0.25) is 5.91 Å². The topological polar surface area (TPSA) is 54.9 Å². The molecule has 0 bridgehead atoms. The van der Waals surface area contributed by atoms with Crippen LogP contribution in [0.2, 0.25) is 0 Å². The molecule has 3 aromatic rings. The summed E-state index contributed by atoms with van der Waals surface area (Å²) in [5.74, 6) is -0.468. The number of carbonyl (C=O) groups is 1. The Hall–Kier alpha value is -2.12. The molecule has 7 heteroatoms. The minimum atomic E-state index is -0.314. The van der Waals surface area contributed by atoms with Crippen LogP contribution in [0.25, 0.3) is 10.6 Å². The molecule has 0 aliphatic heterocycles. The molecule has 0 unspecified atom stereocenters. The molecule has 0 radical (unpaired) electrons. The lowest BCUT2D eigenvalue weighted by molar-refractivity contribution is -0.115. The fraction of sp³-hybridized carbons (Fsp3) is 0.133. The maximum Gasteiger partial charge on any atom is 0.231 e. The normalized spacial score (nSPS) is 10.6. The highest BCUT2D eigenvalue weighted by Crippen LogP contribution is 2.27. The van der Waals surface area contributed by atoms with Gasteiger partial charge >= 0.3 is 0 Å². The van der Waals surface area contributed by atoms with Crippen LogP contribution in [0.15, 0.2) is 36.7 Å². The number of aryl methyl sites for hydroxylation is 1. The Labute approximate surface area is 134 Å². The third-order valence-corrected chi connectivity index (χ3v) is 4.72. The third kappa shape index (κ3) is 3.37. The zero-order valence-corrected chi connectivity index (χ0v) is 13.3. The lowest BCUT2D eigenvalue weighted by atomic mass is 10.2. The summed E-state index contributed by atoms with van der Waals surface area (Å²) in [5.41, 5.74) is 0.453. The molecule has 112 valence electrons.